The Morgan fingerprint density at radius 3 is 2.95 bits per heavy atom. The number of amides is 1. The molecule has 0 unspecified atom stereocenters. The second-order valence-corrected chi connectivity index (χ2v) is 6.19. The lowest BCUT2D eigenvalue weighted by atomic mass is 10.1. The van der Waals surface area contributed by atoms with E-state index < -0.39 is 0 Å². The minimum absolute atomic E-state index is 0.134. The van der Waals surface area contributed by atoms with Gasteiger partial charge in [0.15, 0.2) is 0 Å². The molecule has 1 saturated carbocycles. The van der Waals surface area contributed by atoms with Gasteiger partial charge in [0, 0.05) is 36.7 Å². The van der Waals surface area contributed by atoms with Crippen molar-refractivity contribution in [2.45, 2.75) is 25.7 Å². The highest BCUT2D eigenvalue weighted by Crippen LogP contribution is 2.47. The van der Waals surface area contributed by atoms with Gasteiger partial charge in [-0.2, -0.15) is 0 Å². The molecule has 1 amide bonds. The second-order valence-electron chi connectivity index (χ2n) is 5.13. The van der Waals surface area contributed by atoms with Crippen molar-refractivity contribution in [3.05, 3.63) is 46.2 Å². The van der Waals surface area contributed by atoms with Crippen molar-refractivity contribution in [3.8, 4) is 0 Å². The number of carbonyl (C=O) groups is 1. The van der Waals surface area contributed by atoms with Gasteiger partial charge < -0.3 is 5.32 Å². The Balaban J connectivity index is 1.45. The monoisotopic (exact) mass is 287 g/mol. The molecule has 3 rings (SSSR count). The van der Waals surface area contributed by atoms with Gasteiger partial charge in [0.1, 0.15) is 0 Å². The molecule has 20 heavy (non-hydrogen) atoms. The molecule has 1 aliphatic rings. The highest BCUT2D eigenvalue weighted by molar-refractivity contribution is 7.09. The van der Waals surface area contributed by atoms with Gasteiger partial charge in [-0.25, -0.2) is 4.98 Å². The number of thiazole rings is 1. The number of nitrogens with zero attached hydrogens (tertiary/aromatic N) is 2. The Labute approximate surface area is 122 Å². The zero-order valence-electron chi connectivity index (χ0n) is 11.4. The second kappa shape index (κ2) is 5.71. The molecule has 0 spiro atoms. The lowest BCUT2D eigenvalue weighted by Gasteiger charge is -2.03. The van der Waals surface area contributed by atoms with E-state index in [4.69, 9.17) is 0 Å². The van der Waals surface area contributed by atoms with Crippen LogP contribution in [0.25, 0.3) is 0 Å². The Morgan fingerprint density at radius 2 is 2.25 bits per heavy atom. The van der Waals surface area contributed by atoms with Gasteiger partial charge in [0.2, 0.25) is 5.91 Å². The van der Waals surface area contributed by atoms with E-state index >= 15 is 0 Å². The van der Waals surface area contributed by atoms with Crippen LogP contribution in [0.15, 0.2) is 29.9 Å². The molecule has 2 aromatic rings. The average Bonchev–Trinajstić information content (AvgIpc) is 3.17. The predicted molar refractivity (Wildman–Crippen MR) is 78.6 cm³/mol. The normalized spacial score (nSPS) is 20.6. The van der Waals surface area contributed by atoms with E-state index in [2.05, 4.69) is 20.7 Å². The molecule has 1 fully saturated rings. The van der Waals surface area contributed by atoms with Crippen LogP contribution in [-0.4, -0.2) is 22.4 Å². The van der Waals surface area contributed by atoms with E-state index in [1.54, 1.807) is 23.7 Å². The first kappa shape index (κ1) is 13.2. The highest BCUT2D eigenvalue weighted by Gasteiger charge is 2.43. The SMILES string of the molecule is Cc1nc(CCNC(=O)[C@@H]2C[C@@H]2c2ccncc2)cs1. The highest BCUT2D eigenvalue weighted by atomic mass is 32.1. The maximum Gasteiger partial charge on any atom is 0.223 e. The van der Waals surface area contributed by atoms with Crippen LogP contribution >= 0.6 is 11.3 Å². The summed E-state index contributed by atoms with van der Waals surface area (Å²) in [6.45, 7) is 2.66. The summed E-state index contributed by atoms with van der Waals surface area (Å²) in [6.07, 6.45) is 5.33. The van der Waals surface area contributed by atoms with Crippen molar-refractivity contribution in [3.63, 3.8) is 0 Å². The van der Waals surface area contributed by atoms with Crippen LogP contribution in [0.4, 0.5) is 0 Å². The molecular weight excluding hydrogens is 270 g/mol. The first-order valence-electron chi connectivity index (χ1n) is 6.82. The third-order valence-electron chi connectivity index (χ3n) is 3.61. The van der Waals surface area contributed by atoms with Crippen molar-refractivity contribution in [2.24, 2.45) is 5.92 Å². The molecular formula is C15H17N3OS. The van der Waals surface area contributed by atoms with Crippen molar-refractivity contribution in [2.75, 3.05) is 6.54 Å². The molecule has 0 radical (unpaired) electrons. The number of hydrogen-bond donors (Lipinski definition) is 1. The largest absolute Gasteiger partial charge is 0.355 e. The van der Waals surface area contributed by atoms with Gasteiger partial charge in [-0.1, -0.05) is 0 Å². The third-order valence-corrected chi connectivity index (χ3v) is 4.43. The average molecular weight is 287 g/mol. The van der Waals surface area contributed by atoms with Crippen LogP contribution in [0.1, 0.15) is 28.6 Å². The molecule has 0 saturated heterocycles. The number of aryl methyl sites for hydroxylation is 1. The summed E-state index contributed by atoms with van der Waals surface area (Å²) in [5.41, 5.74) is 2.28. The molecule has 1 aliphatic carbocycles. The van der Waals surface area contributed by atoms with E-state index in [-0.39, 0.29) is 11.8 Å². The fraction of sp³-hybridized carbons (Fsp3) is 0.400. The van der Waals surface area contributed by atoms with Crippen LogP contribution in [-0.2, 0) is 11.2 Å². The first-order chi connectivity index (χ1) is 9.74. The zero-order valence-corrected chi connectivity index (χ0v) is 12.2. The summed E-state index contributed by atoms with van der Waals surface area (Å²) in [6, 6.07) is 3.99. The maximum atomic E-state index is 12.0. The summed E-state index contributed by atoms with van der Waals surface area (Å²) in [7, 11) is 0. The van der Waals surface area contributed by atoms with Gasteiger partial charge in [-0.3, -0.25) is 9.78 Å². The summed E-state index contributed by atoms with van der Waals surface area (Å²) in [5.74, 6) is 0.674. The smallest absolute Gasteiger partial charge is 0.223 e. The molecule has 2 atom stereocenters. The quantitative estimate of drug-likeness (QED) is 0.918. The van der Waals surface area contributed by atoms with Crippen LogP contribution < -0.4 is 5.32 Å². The van der Waals surface area contributed by atoms with E-state index in [9.17, 15) is 4.79 Å². The van der Waals surface area contributed by atoms with Crippen LogP contribution in [0.2, 0.25) is 0 Å². The maximum absolute atomic E-state index is 12.0. The number of nitrogens with one attached hydrogen (secondary N) is 1. The Kier molecular flexibility index (Phi) is 3.78. The number of pyridine rings is 1. The van der Waals surface area contributed by atoms with Crippen molar-refractivity contribution >= 4 is 17.2 Å². The summed E-state index contributed by atoms with van der Waals surface area (Å²) in [4.78, 5) is 20.4. The van der Waals surface area contributed by atoms with Gasteiger partial charge in [0.25, 0.3) is 0 Å². The number of hydrogen-bond acceptors (Lipinski definition) is 4. The third kappa shape index (κ3) is 3.04. The number of aromatic nitrogens is 2. The first-order valence-corrected chi connectivity index (χ1v) is 7.70. The van der Waals surface area contributed by atoms with Gasteiger partial charge in [-0.05, 0) is 37.0 Å². The molecule has 0 aliphatic heterocycles. The molecule has 104 valence electrons. The minimum atomic E-state index is 0.134. The topological polar surface area (TPSA) is 54.9 Å². The van der Waals surface area contributed by atoms with E-state index in [1.807, 2.05) is 19.1 Å². The molecule has 0 aromatic carbocycles. The van der Waals surface area contributed by atoms with Crippen LogP contribution in [0.3, 0.4) is 0 Å². The standard InChI is InChI=1S/C15H17N3OS/c1-10-18-12(9-20-10)4-7-17-15(19)14-8-13(14)11-2-5-16-6-3-11/h2-3,5-6,9,13-14H,4,7-8H2,1H3,(H,17,19)/t13-,14-/m1/s1. The predicted octanol–water partition coefficient (Wildman–Crippen LogP) is 2.31. The van der Waals surface area contributed by atoms with Gasteiger partial charge >= 0.3 is 0 Å². The molecule has 4 nitrogen and oxygen atoms in total. The Bertz CT molecular complexity index is 596. The van der Waals surface area contributed by atoms with Crippen molar-refractivity contribution < 1.29 is 4.79 Å². The van der Waals surface area contributed by atoms with Gasteiger partial charge in [-0.15, -0.1) is 11.3 Å². The number of rotatable bonds is 5. The van der Waals surface area contributed by atoms with Crippen molar-refractivity contribution in [1.82, 2.24) is 15.3 Å². The molecule has 5 heteroatoms. The lowest BCUT2D eigenvalue weighted by Crippen LogP contribution is -2.27. The Hall–Kier alpha value is -1.75. The summed E-state index contributed by atoms with van der Waals surface area (Å²) < 4.78 is 0. The number of carbonyl (C=O) groups excluding carboxylic acids is 1. The van der Waals surface area contributed by atoms with E-state index in [0.29, 0.717) is 12.5 Å². The zero-order chi connectivity index (χ0) is 13.9. The van der Waals surface area contributed by atoms with Gasteiger partial charge in [0.05, 0.1) is 10.7 Å². The lowest BCUT2D eigenvalue weighted by molar-refractivity contribution is -0.122. The van der Waals surface area contributed by atoms with E-state index in [1.165, 1.54) is 5.56 Å². The fourth-order valence-electron chi connectivity index (χ4n) is 2.43. The van der Waals surface area contributed by atoms with Crippen LogP contribution in [0.5, 0.6) is 0 Å². The Morgan fingerprint density at radius 1 is 1.45 bits per heavy atom. The fourth-order valence-corrected chi connectivity index (χ4v) is 3.08. The summed E-state index contributed by atoms with van der Waals surface area (Å²) >= 11 is 1.65. The molecule has 0 bridgehead atoms. The minimum Gasteiger partial charge on any atom is -0.355 e. The van der Waals surface area contributed by atoms with Crippen molar-refractivity contribution in [1.29, 1.82) is 0 Å². The summed E-state index contributed by atoms with van der Waals surface area (Å²) in [5, 5.41) is 6.14. The van der Waals surface area contributed by atoms with Crippen LogP contribution in [0, 0.1) is 12.8 Å². The molecule has 2 aromatic heterocycles. The molecule has 1 N–H and O–H groups in total. The van der Waals surface area contributed by atoms with E-state index in [0.717, 1.165) is 23.5 Å². The molecule has 2 heterocycles.